The molecular formula is C28H24F4S2. The van der Waals surface area contributed by atoms with Crippen LogP contribution in [0.3, 0.4) is 0 Å². The minimum absolute atomic E-state index is 0.200. The van der Waals surface area contributed by atoms with E-state index in [0.717, 1.165) is 22.6 Å². The molecule has 0 heterocycles. The lowest BCUT2D eigenvalue weighted by Crippen LogP contribution is -1.90. The van der Waals surface area contributed by atoms with Gasteiger partial charge in [0.05, 0.1) is 0 Å². The molecule has 0 atom stereocenters. The first-order valence-corrected chi connectivity index (χ1v) is 12.9. The summed E-state index contributed by atoms with van der Waals surface area (Å²) in [5.41, 5.74) is 3.22. The quantitative estimate of drug-likeness (QED) is 0.222. The molecule has 0 saturated carbocycles. The first-order valence-electron chi connectivity index (χ1n) is 10.6. The highest BCUT2D eigenvalue weighted by atomic mass is 32.2. The Kier molecular flexibility index (Phi) is 10.6. The van der Waals surface area contributed by atoms with Crippen molar-refractivity contribution in [1.29, 1.82) is 0 Å². The standard InChI is InChI=1S/2C14H12F2S/c15-13-5-1-3-11(7-13)9-17-10-12-4-2-6-14(16)8-12;15-13-7-3-1-5-11(13)9-17-10-12-6-2-4-8-14(12)16/h2*1-8H,9-10H2. The van der Waals surface area contributed by atoms with Crippen molar-refractivity contribution in [3.63, 3.8) is 0 Å². The van der Waals surface area contributed by atoms with E-state index in [9.17, 15) is 17.6 Å². The van der Waals surface area contributed by atoms with E-state index < -0.39 is 0 Å². The van der Waals surface area contributed by atoms with Crippen LogP contribution in [0.2, 0.25) is 0 Å². The zero-order valence-electron chi connectivity index (χ0n) is 18.4. The molecule has 6 heteroatoms. The van der Waals surface area contributed by atoms with Crippen LogP contribution in [-0.4, -0.2) is 0 Å². The van der Waals surface area contributed by atoms with Gasteiger partial charge in [-0.15, -0.1) is 0 Å². The predicted octanol–water partition coefficient (Wildman–Crippen LogP) is 8.80. The normalized spacial score (nSPS) is 10.5. The highest BCUT2D eigenvalue weighted by Crippen LogP contribution is 2.21. The summed E-state index contributed by atoms with van der Waals surface area (Å²) in [7, 11) is 0. The highest BCUT2D eigenvalue weighted by molar-refractivity contribution is 7.97. The van der Waals surface area contributed by atoms with E-state index in [0.29, 0.717) is 22.6 Å². The zero-order chi connectivity index (χ0) is 24.2. The van der Waals surface area contributed by atoms with E-state index in [1.165, 1.54) is 48.2 Å². The van der Waals surface area contributed by atoms with Crippen LogP contribution < -0.4 is 0 Å². The maximum absolute atomic E-state index is 13.3. The van der Waals surface area contributed by atoms with Crippen molar-refractivity contribution in [3.8, 4) is 0 Å². The molecule has 0 N–H and O–H groups in total. The first kappa shape index (κ1) is 25.9. The van der Waals surface area contributed by atoms with Crippen LogP contribution in [0, 0.1) is 23.3 Å². The summed E-state index contributed by atoms with van der Waals surface area (Å²) in [4.78, 5) is 0. The summed E-state index contributed by atoms with van der Waals surface area (Å²) >= 11 is 3.15. The van der Waals surface area contributed by atoms with Crippen molar-refractivity contribution in [2.75, 3.05) is 0 Å². The van der Waals surface area contributed by atoms with Gasteiger partial charge >= 0.3 is 0 Å². The van der Waals surface area contributed by atoms with Crippen LogP contribution in [0.5, 0.6) is 0 Å². The number of thioether (sulfide) groups is 2. The summed E-state index contributed by atoms with van der Waals surface area (Å²) in [5.74, 6) is 1.75. The van der Waals surface area contributed by atoms with Crippen molar-refractivity contribution in [3.05, 3.63) is 143 Å². The Hall–Kier alpha value is -2.70. The lowest BCUT2D eigenvalue weighted by atomic mass is 10.2. The topological polar surface area (TPSA) is 0 Å². The van der Waals surface area contributed by atoms with Gasteiger partial charge in [0.2, 0.25) is 0 Å². The maximum Gasteiger partial charge on any atom is 0.127 e. The Morgan fingerprint density at radius 3 is 1.26 bits per heavy atom. The molecule has 0 aliphatic carbocycles. The van der Waals surface area contributed by atoms with Gasteiger partial charge in [-0.1, -0.05) is 60.7 Å². The number of benzene rings is 4. The predicted molar refractivity (Wildman–Crippen MR) is 136 cm³/mol. The minimum Gasteiger partial charge on any atom is -0.207 e. The number of hydrogen-bond acceptors (Lipinski definition) is 2. The summed E-state index contributed by atoms with van der Waals surface area (Å²) in [5, 5.41) is 0. The van der Waals surface area contributed by atoms with Gasteiger partial charge in [-0.25, -0.2) is 17.6 Å². The number of rotatable bonds is 8. The van der Waals surface area contributed by atoms with Crippen LogP contribution in [0.1, 0.15) is 22.3 Å². The van der Waals surface area contributed by atoms with Crippen LogP contribution >= 0.6 is 23.5 Å². The second kappa shape index (κ2) is 13.9. The summed E-state index contributed by atoms with van der Waals surface area (Å²) in [6, 6.07) is 26.4. The minimum atomic E-state index is -0.214. The lowest BCUT2D eigenvalue weighted by molar-refractivity contribution is 0.616. The van der Waals surface area contributed by atoms with Crippen molar-refractivity contribution >= 4 is 23.5 Å². The molecule has 176 valence electrons. The van der Waals surface area contributed by atoms with E-state index in [-0.39, 0.29) is 23.3 Å². The van der Waals surface area contributed by atoms with Crippen LogP contribution in [0.25, 0.3) is 0 Å². The average molecular weight is 501 g/mol. The molecule has 0 spiro atoms. The van der Waals surface area contributed by atoms with Gasteiger partial charge in [0.15, 0.2) is 0 Å². The monoisotopic (exact) mass is 500 g/mol. The number of hydrogen-bond donors (Lipinski definition) is 0. The molecule has 0 amide bonds. The Morgan fingerprint density at radius 2 is 0.853 bits per heavy atom. The Balaban J connectivity index is 0.000000191. The van der Waals surface area contributed by atoms with Gasteiger partial charge in [-0.3, -0.25) is 0 Å². The lowest BCUT2D eigenvalue weighted by Gasteiger charge is -2.04. The Labute approximate surface area is 206 Å². The molecule has 34 heavy (non-hydrogen) atoms. The molecule has 0 aliphatic rings. The van der Waals surface area contributed by atoms with Crippen molar-refractivity contribution in [2.24, 2.45) is 0 Å². The van der Waals surface area contributed by atoms with Gasteiger partial charge < -0.3 is 0 Å². The molecule has 0 saturated heterocycles. The molecule has 4 aromatic rings. The molecule has 4 aromatic carbocycles. The molecule has 0 aromatic heterocycles. The van der Waals surface area contributed by atoms with E-state index in [1.807, 2.05) is 24.3 Å². The van der Waals surface area contributed by atoms with Gasteiger partial charge in [0, 0.05) is 23.0 Å². The van der Waals surface area contributed by atoms with E-state index in [1.54, 1.807) is 48.2 Å². The second-order valence-corrected chi connectivity index (χ2v) is 9.40. The zero-order valence-corrected chi connectivity index (χ0v) is 20.0. The van der Waals surface area contributed by atoms with Gasteiger partial charge in [-0.05, 0) is 58.7 Å². The fraction of sp³-hybridized carbons (Fsp3) is 0.143. The van der Waals surface area contributed by atoms with Gasteiger partial charge in [-0.2, -0.15) is 23.5 Å². The van der Waals surface area contributed by atoms with Crippen LogP contribution in [0.4, 0.5) is 17.6 Å². The molecule has 0 radical (unpaired) electrons. The van der Waals surface area contributed by atoms with Crippen LogP contribution in [-0.2, 0) is 23.0 Å². The van der Waals surface area contributed by atoms with Crippen molar-refractivity contribution in [1.82, 2.24) is 0 Å². The smallest absolute Gasteiger partial charge is 0.127 e. The van der Waals surface area contributed by atoms with Gasteiger partial charge in [0.1, 0.15) is 23.3 Å². The van der Waals surface area contributed by atoms with Crippen molar-refractivity contribution < 1.29 is 17.6 Å². The SMILES string of the molecule is Fc1cccc(CSCc2cccc(F)c2)c1.Fc1ccccc1CSCc1ccccc1F. The second-order valence-electron chi connectivity index (χ2n) is 7.43. The Bertz CT molecular complexity index is 1090. The van der Waals surface area contributed by atoms with E-state index in [2.05, 4.69) is 0 Å². The molecule has 0 aliphatic heterocycles. The van der Waals surface area contributed by atoms with Gasteiger partial charge in [0.25, 0.3) is 0 Å². The summed E-state index contributed by atoms with van der Waals surface area (Å²) in [6.07, 6.45) is 0. The summed E-state index contributed by atoms with van der Waals surface area (Å²) in [6.45, 7) is 0. The molecular weight excluding hydrogens is 476 g/mol. The Morgan fingerprint density at radius 1 is 0.441 bits per heavy atom. The van der Waals surface area contributed by atoms with Crippen molar-refractivity contribution in [2.45, 2.75) is 23.0 Å². The van der Waals surface area contributed by atoms with E-state index in [4.69, 9.17) is 0 Å². The summed E-state index contributed by atoms with van der Waals surface area (Å²) < 4.78 is 52.4. The third-order valence-electron chi connectivity index (χ3n) is 4.75. The molecule has 0 nitrogen and oxygen atoms in total. The molecule has 0 unspecified atom stereocenters. The molecule has 4 rings (SSSR count). The third kappa shape index (κ3) is 8.92. The number of halogens is 4. The largest absolute Gasteiger partial charge is 0.207 e. The fourth-order valence-corrected chi connectivity index (χ4v) is 4.98. The first-order chi connectivity index (χ1) is 16.5. The van der Waals surface area contributed by atoms with E-state index >= 15 is 0 Å². The third-order valence-corrected chi connectivity index (χ3v) is 6.85. The van der Waals surface area contributed by atoms with Crippen LogP contribution in [0.15, 0.2) is 97.1 Å². The molecule has 0 bridgehead atoms. The molecule has 0 fully saturated rings. The highest BCUT2D eigenvalue weighted by Gasteiger charge is 2.03. The maximum atomic E-state index is 13.3. The fourth-order valence-electron chi connectivity index (χ4n) is 3.04. The average Bonchev–Trinajstić information content (AvgIpc) is 2.82.